The average molecular weight is 1790 g/mol. The quantitative estimate of drug-likeness (QED) is 0.0152. The number of likely N-dealkylation sites (N-methyl/N-ethyl adjacent to an activating group) is 2. The topological polar surface area (TPSA) is 659 Å². The van der Waals surface area contributed by atoms with Crippen LogP contribution in [0.3, 0.4) is 0 Å². The van der Waals surface area contributed by atoms with E-state index < -0.39 is 36.2 Å². The zero-order valence-electron chi connectivity index (χ0n) is 75.3. The maximum atomic E-state index is 12.0. The van der Waals surface area contributed by atoms with Crippen LogP contribution in [0.25, 0.3) is 0 Å². The van der Waals surface area contributed by atoms with Gasteiger partial charge < -0.3 is 86.8 Å². The fraction of sp³-hybridized carbons (Fsp3) is 0.436. The highest BCUT2D eigenvalue weighted by Gasteiger charge is 2.20. The fourth-order valence-corrected chi connectivity index (χ4v) is 11.1. The minimum absolute atomic E-state index is 0. The van der Waals surface area contributed by atoms with Crippen molar-refractivity contribution in [1.82, 2.24) is 133 Å². The Morgan fingerprint density at radius 1 is 0.312 bits per heavy atom. The Balaban J connectivity index is 0.000000438. The van der Waals surface area contributed by atoms with Crippen LogP contribution >= 0.6 is 0 Å². The maximum Gasteiger partial charge on any atom is 0.321 e. The third-order valence-corrected chi connectivity index (χ3v) is 17.0. The summed E-state index contributed by atoms with van der Waals surface area (Å²) in [6, 6.07) is 4.56. The predicted octanol–water partition coefficient (Wildman–Crippen LogP) is 1.06. The Morgan fingerprint density at radius 3 is 0.766 bits per heavy atom. The number of H-pyrrole nitrogens is 6. The van der Waals surface area contributed by atoms with Crippen LogP contribution in [-0.4, -0.2) is 286 Å². The van der Waals surface area contributed by atoms with Crippen molar-refractivity contribution in [3.8, 4) is 0 Å². The summed E-state index contributed by atoms with van der Waals surface area (Å²) < 4.78 is 1.31. The summed E-state index contributed by atoms with van der Waals surface area (Å²) in [7, 11) is 12.0. The van der Waals surface area contributed by atoms with Crippen LogP contribution in [0.2, 0.25) is 0 Å². The number of anilines is 6. The summed E-state index contributed by atoms with van der Waals surface area (Å²) in [4.78, 5) is 215. The number of urea groups is 8. The molecule has 24 N–H and O–H groups in total. The lowest BCUT2D eigenvalue weighted by atomic mass is 10.3. The standard InChI is InChI=1S/C21H33N9O3.C19H29N9O4.C19H29N9O3.C17H25N9O4.2CH3/c1-14-12-15(2)25-18(24-14)28-20(32)22-8-6-10-30(4,5)11-7-9-23-21(33)29-19-26-16(3)13-17(31)27-19;1-12-10-14(29)24-16(22-12)26-18(31)20-6-4-8-28(3)9-5-7-21-19(32)27-17-23-13(2)11-15(30)25-17;1-12-10-13(2)23-16(22-12)26-18(30)20-6-8-28(4,5)9-7-21-19(31)27-17-24-14(3)11-15(29)25-17;1-10-8-12(27)22-14(20-10)24-16(29)18-4-6-26(3)7-5-19-17(30)25-15-21-11(2)9-13(28)23-15;;/h12-13H,1,6-11H2,2-5H3,(H5-,22,23,24,25,26,27,28,29,31,32,33);10-11H,4-9H2,1-3H3,(H3,20,22,24,26,29,31)(H3,21,23,25,27,30,32);10-11H,1,6-9H2,2-5H3,(H5-,20,21,22,23,24,25,26,27,29,30,31);8-9H,4-7H2,1-3H3,(H3,18,20,22,24,27,29)(H3,19,21,23,25,28,30);2*1H3/q;;;;2*-1/p+2. The molecule has 0 unspecified atom stereocenters. The van der Waals surface area contributed by atoms with Crippen molar-refractivity contribution in [2.45, 2.75) is 81.1 Å². The molecule has 0 radical (unpaired) electrons. The van der Waals surface area contributed by atoms with Crippen molar-refractivity contribution < 1.29 is 47.3 Å². The summed E-state index contributed by atoms with van der Waals surface area (Å²) in [5, 5.41) is 47.8. The molecular weight excluding hydrogens is 1670 g/mol. The van der Waals surface area contributed by atoms with E-state index in [2.05, 4.69) is 198 Å². The molecule has 8 rings (SSSR count). The minimum atomic E-state index is -0.491. The third kappa shape index (κ3) is 47.2. The molecule has 2 aliphatic rings. The van der Waals surface area contributed by atoms with Crippen LogP contribution in [0.1, 0.15) is 73.7 Å². The van der Waals surface area contributed by atoms with Crippen molar-refractivity contribution in [3.05, 3.63) is 196 Å². The van der Waals surface area contributed by atoms with E-state index >= 15 is 0 Å². The molecule has 0 spiro atoms. The summed E-state index contributed by atoms with van der Waals surface area (Å²) in [5.41, 5.74) is 3.88. The zero-order valence-corrected chi connectivity index (χ0v) is 75.3. The summed E-state index contributed by atoms with van der Waals surface area (Å²) in [5.74, 6) is 1.25. The smallest absolute Gasteiger partial charge is 0.321 e. The molecule has 0 aromatic carbocycles. The number of aromatic nitrogens is 12. The summed E-state index contributed by atoms with van der Waals surface area (Å²) in [6.07, 6.45) is 6.58. The molecule has 2 aliphatic heterocycles. The SMILES string of the molecule is C=C1C=C(C)N=C(NC(=O)NCCC[N+](C)(C)CCCNC(=O)Nc2nc(C)cc(=O)[nH]2)N1.C=C1C=C(C)N=C(NC(=O)NCC[N+](C)(C)CCNC(=O)Nc2nc(C)cc(=O)[nH]2)N1.Cc1cc(=O)[nH]c(NC(=O)NCCCN(C)CCCNC(=O)Nc2nc(C)cc(=O)[nH]2)n1.Cc1cc(=O)[nH]c(NC(=O)NCCN(C)CCNC(=O)Nc2nc(C)cc(=O)[nH]2)n1.[CH3-].[CH3-]. The summed E-state index contributed by atoms with van der Waals surface area (Å²) >= 11 is 0. The van der Waals surface area contributed by atoms with E-state index in [4.69, 9.17) is 0 Å². The second-order valence-corrected chi connectivity index (χ2v) is 30.0. The molecule has 16 amide bonds. The number of aryl methyl sites for hydroxylation is 6. The number of hydrogen-bond donors (Lipinski definition) is 24. The van der Waals surface area contributed by atoms with Crippen LogP contribution in [0, 0.1) is 56.4 Å². The van der Waals surface area contributed by atoms with Crippen LogP contribution in [0.5, 0.6) is 0 Å². The van der Waals surface area contributed by atoms with Gasteiger partial charge in [-0.3, -0.25) is 101 Å². The van der Waals surface area contributed by atoms with Gasteiger partial charge in [-0.2, -0.15) is 0 Å². The molecule has 0 aliphatic carbocycles. The second-order valence-electron chi connectivity index (χ2n) is 30.0. The highest BCUT2D eigenvalue weighted by molar-refractivity contribution is 5.99. The van der Waals surface area contributed by atoms with Gasteiger partial charge in [-0.15, -0.1) is 0 Å². The Labute approximate surface area is 739 Å². The van der Waals surface area contributed by atoms with Gasteiger partial charge >= 0.3 is 48.2 Å². The van der Waals surface area contributed by atoms with Crippen LogP contribution in [0.15, 0.2) is 123 Å². The van der Waals surface area contributed by atoms with Gasteiger partial charge in [0.1, 0.15) is 0 Å². The van der Waals surface area contributed by atoms with Crippen molar-refractivity contribution in [3.63, 3.8) is 0 Å². The number of hydrogen-bond acceptors (Lipinski definition) is 26. The first-order valence-electron chi connectivity index (χ1n) is 39.8. The lowest BCUT2D eigenvalue weighted by Gasteiger charge is -2.30. The van der Waals surface area contributed by atoms with Crippen molar-refractivity contribution in [1.29, 1.82) is 0 Å². The van der Waals surface area contributed by atoms with E-state index in [1.807, 2.05) is 46.9 Å². The zero-order chi connectivity index (χ0) is 93.1. The van der Waals surface area contributed by atoms with Crippen LogP contribution in [0.4, 0.5) is 74.0 Å². The number of carbonyl (C=O) groups is 8. The van der Waals surface area contributed by atoms with Crippen molar-refractivity contribution >= 4 is 95.9 Å². The van der Waals surface area contributed by atoms with Crippen LogP contribution in [-0.2, 0) is 0 Å². The Bertz CT molecular complexity index is 5120. The number of rotatable bonds is 34. The molecule has 0 saturated carbocycles. The minimum Gasteiger partial charge on any atom is -0.358 e. The molecule has 0 saturated heterocycles. The average Bonchev–Trinajstić information content (AvgIpc) is 0.917. The Hall–Kier alpha value is -14.8. The Morgan fingerprint density at radius 2 is 0.523 bits per heavy atom. The van der Waals surface area contributed by atoms with Gasteiger partial charge in [0.05, 0.1) is 67.5 Å². The monoisotopic (exact) mass is 1790 g/mol. The van der Waals surface area contributed by atoms with E-state index in [0.29, 0.717) is 140 Å². The van der Waals surface area contributed by atoms with E-state index in [-0.39, 0.29) is 96.0 Å². The van der Waals surface area contributed by atoms with Crippen LogP contribution < -0.4 is 129 Å². The molecule has 8 heterocycles. The molecule has 128 heavy (non-hydrogen) atoms. The first-order valence-corrected chi connectivity index (χ1v) is 39.8. The Kier molecular flexibility index (Phi) is 45.9. The number of aliphatic imine (C=N–C) groups is 2. The van der Waals surface area contributed by atoms with Gasteiger partial charge in [-0.25, -0.2) is 78.2 Å². The largest absolute Gasteiger partial charge is 0.358 e. The number of quaternary nitrogens is 2. The molecule has 700 valence electrons. The van der Waals surface area contributed by atoms with Crippen molar-refractivity contribution in [2.24, 2.45) is 9.98 Å². The number of carbonyl (C=O) groups excluding carboxylic acids is 8. The summed E-state index contributed by atoms with van der Waals surface area (Å²) in [6.45, 7) is 30.2. The molecule has 6 aromatic rings. The van der Waals surface area contributed by atoms with Gasteiger partial charge in [0.25, 0.3) is 33.4 Å². The van der Waals surface area contributed by atoms with Gasteiger partial charge in [-0.05, 0) is 108 Å². The van der Waals surface area contributed by atoms with Crippen molar-refractivity contribution in [2.75, 3.05) is 179 Å². The first kappa shape index (κ1) is 107. The van der Waals surface area contributed by atoms with E-state index in [0.717, 1.165) is 67.7 Å². The normalized spacial score (nSPS) is 11.8. The van der Waals surface area contributed by atoms with E-state index in [1.54, 1.807) is 53.7 Å². The fourth-order valence-electron chi connectivity index (χ4n) is 11.1. The predicted molar refractivity (Wildman–Crippen MR) is 490 cm³/mol. The highest BCUT2D eigenvalue weighted by atomic mass is 16.2. The van der Waals surface area contributed by atoms with Gasteiger partial charge in [-0.1, -0.05) is 13.2 Å². The molecule has 50 heteroatoms. The number of amides is 16. The molecule has 6 aromatic heterocycles. The first-order chi connectivity index (χ1) is 59.5. The molecule has 50 nitrogen and oxygen atoms in total. The van der Waals surface area contributed by atoms with Gasteiger partial charge in [0, 0.05) is 159 Å². The molecule has 0 atom stereocenters. The second kappa shape index (κ2) is 54.7. The van der Waals surface area contributed by atoms with Gasteiger partial charge in [0.2, 0.25) is 47.6 Å². The molecular formula is C78H124N36O14. The lowest BCUT2D eigenvalue weighted by molar-refractivity contribution is -0.890. The number of allylic oxidation sites excluding steroid dienone is 4. The lowest BCUT2D eigenvalue weighted by Crippen LogP contribution is -2.52. The van der Waals surface area contributed by atoms with Gasteiger partial charge in [0.15, 0.2) is 0 Å². The number of nitrogens with one attached hydrogen (secondary N) is 24. The molecule has 0 fully saturated rings. The number of aromatic amines is 6. The van der Waals surface area contributed by atoms with E-state index in [9.17, 15) is 67.1 Å². The molecule has 0 bridgehead atoms. The maximum absolute atomic E-state index is 12.0. The number of nitrogens with zero attached hydrogens (tertiary/aromatic N) is 12. The number of guanidine groups is 2. The van der Waals surface area contributed by atoms with E-state index in [1.165, 1.54) is 36.4 Å². The third-order valence-electron chi connectivity index (χ3n) is 17.0. The highest BCUT2D eigenvalue weighted by Crippen LogP contribution is 2.08.